The van der Waals surface area contributed by atoms with Gasteiger partial charge in [-0.1, -0.05) is 0 Å². The van der Waals surface area contributed by atoms with Crippen molar-refractivity contribution < 1.29 is 0 Å². The third-order valence-electron chi connectivity index (χ3n) is 2.07. The van der Waals surface area contributed by atoms with Crippen LogP contribution >= 0.6 is 0 Å². The van der Waals surface area contributed by atoms with Crippen molar-refractivity contribution in [1.29, 1.82) is 0 Å². The second-order valence-electron chi connectivity index (χ2n) is 3.19. The molecular formula is C8H12N6. The predicted octanol–water partition coefficient (Wildman–Crippen LogP) is -0.219. The van der Waals surface area contributed by atoms with Gasteiger partial charge >= 0.3 is 0 Å². The average molecular weight is 192 g/mol. The van der Waals surface area contributed by atoms with E-state index in [1.165, 1.54) is 0 Å². The molecule has 0 aliphatic rings. The van der Waals surface area contributed by atoms with E-state index >= 15 is 0 Å². The highest BCUT2D eigenvalue weighted by Gasteiger charge is 2.12. The van der Waals surface area contributed by atoms with E-state index in [0.29, 0.717) is 6.42 Å². The van der Waals surface area contributed by atoms with Crippen LogP contribution < -0.4 is 5.73 Å². The van der Waals surface area contributed by atoms with Gasteiger partial charge in [0.2, 0.25) is 0 Å². The fourth-order valence-corrected chi connectivity index (χ4v) is 1.35. The number of nitrogens with two attached hydrogens (primary N) is 1. The maximum atomic E-state index is 5.96. The number of rotatable bonds is 3. The summed E-state index contributed by atoms with van der Waals surface area (Å²) in [6.45, 7) is 0. The lowest BCUT2D eigenvalue weighted by Gasteiger charge is -2.08. The zero-order valence-electron chi connectivity index (χ0n) is 7.88. The molecule has 0 spiro atoms. The van der Waals surface area contributed by atoms with E-state index in [0.717, 1.165) is 11.5 Å². The molecule has 3 N–H and O–H groups in total. The van der Waals surface area contributed by atoms with Crippen molar-refractivity contribution in [2.75, 3.05) is 0 Å². The lowest BCUT2D eigenvalue weighted by atomic mass is 10.1. The average Bonchev–Trinajstić information content (AvgIpc) is 2.75. The van der Waals surface area contributed by atoms with Gasteiger partial charge in [-0.15, -0.1) is 10.2 Å². The Labute approximate surface area is 81.2 Å². The number of nitrogens with one attached hydrogen (secondary N) is 1. The van der Waals surface area contributed by atoms with Gasteiger partial charge in [-0.05, 0) is 0 Å². The Bertz CT molecular complexity index is 390. The molecule has 0 fully saturated rings. The van der Waals surface area contributed by atoms with E-state index < -0.39 is 0 Å². The SMILES string of the molecule is Cn1cnnc1C(N)Cc1cnc[nH]1. The lowest BCUT2D eigenvalue weighted by molar-refractivity contribution is 0.623. The fraction of sp³-hybridized carbons (Fsp3) is 0.375. The zero-order valence-corrected chi connectivity index (χ0v) is 7.88. The number of aromatic nitrogens is 5. The molecule has 74 valence electrons. The molecule has 0 aromatic carbocycles. The van der Waals surface area contributed by atoms with E-state index in [9.17, 15) is 0 Å². The number of aryl methyl sites for hydroxylation is 1. The van der Waals surface area contributed by atoms with Gasteiger partial charge in [0.15, 0.2) is 0 Å². The summed E-state index contributed by atoms with van der Waals surface area (Å²) in [6, 6.07) is -0.150. The van der Waals surface area contributed by atoms with Crippen LogP contribution in [0.4, 0.5) is 0 Å². The monoisotopic (exact) mass is 192 g/mol. The first-order valence-electron chi connectivity index (χ1n) is 4.34. The molecule has 1 atom stereocenters. The molecule has 6 nitrogen and oxygen atoms in total. The molecule has 2 aromatic heterocycles. The van der Waals surface area contributed by atoms with Gasteiger partial charge in [-0.3, -0.25) is 0 Å². The molecule has 2 aromatic rings. The van der Waals surface area contributed by atoms with Crippen LogP contribution in [0.1, 0.15) is 17.6 Å². The smallest absolute Gasteiger partial charge is 0.149 e. The lowest BCUT2D eigenvalue weighted by Crippen LogP contribution is -2.17. The van der Waals surface area contributed by atoms with Crippen LogP contribution in [0.25, 0.3) is 0 Å². The number of hydrogen-bond donors (Lipinski definition) is 2. The molecule has 0 aliphatic heterocycles. The van der Waals surface area contributed by atoms with E-state index in [1.807, 2.05) is 11.6 Å². The van der Waals surface area contributed by atoms with E-state index in [4.69, 9.17) is 5.73 Å². The van der Waals surface area contributed by atoms with Gasteiger partial charge < -0.3 is 15.3 Å². The summed E-state index contributed by atoms with van der Waals surface area (Å²) in [5.74, 6) is 0.777. The number of aromatic amines is 1. The summed E-state index contributed by atoms with van der Waals surface area (Å²) in [6.07, 6.45) is 5.73. The van der Waals surface area contributed by atoms with Gasteiger partial charge in [-0.25, -0.2) is 4.98 Å². The van der Waals surface area contributed by atoms with Crippen molar-refractivity contribution in [3.8, 4) is 0 Å². The third-order valence-corrected chi connectivity index (χ3v) is 2.07. The number of hydrogen-bond acceptors (Lipinski definition) is 4. The minimum absolute atomic E-state index is 0.150. The summed E-state index contributed by atoms with van der Waals surface area (Å²) < 4.78 is 1.82. The van der Waals surface area contributed by atoms with Gasteiger partial charge in [0.05, 0.1) is 12.4 Å². The molecule has 0 saturated carbocycles. The van der Waals surface area contributed by atoms with Gasteiger partial charge in [-0.2, -0.15) is 0 Å². The molecule has 0 amide bonds. The summed E-state index contributed by atoms with van der Waals surface area (Å²) in [5, 5.41) is 7.73. The first kappa shape index (κ1) is 8.89. The highest BCUT2D eigenvalue weighted by molar-refractivity contribution is 5.03. The minimum atomic E-state index is -0.150. The Kier molecular flexibility index (Phi) is 2.28. The van der Waals surface area contributed by atoms with Gasteiger partial charge in [0, 0.05) is 25.4 Å². The molecule has 0 saturated heterocycles. The predicted molar refractivity (Wildman–Crippen MR) is 50.2 cm³/mol. The van der Waals surface area contributed by atoms with Crippen molar-refractivity contribution in [1.82, 2.24) is 24.7 Å². The van der Waals surface area contributed by atoms with Crippen LogP contribution in [0.5, 0.6) is 0 Å². The van der Waals surface area contributed by atoms with Crippen LogP contribution in [-0.4, -0.2) is 24.7 Å². The summed E-state index contributed by atoms with van der Waals surface area (Å²) >= 11 is 0. The Balaban J connectivity index is 2.10. The van der Waals surface area contributed by atoms with Crippen LogP contribution in [0.3, 0.4) is 0 Å². The molecule has 0 bridgehead atoms. The Morgan fingerprint density at radius 1 is 1.64 bits per heavy atom. The maximum Gasteiger partial charge on any atom is 0.149 e. The van der Waals surface area contributed by atoms with Gasteiger partial charge in [0.25, 0.3) is 0 Å². The van der Waals surface area contributed by atoms with Crippen molar-refractivity contribution in [2.24, 2.45) is 12.8 Å². The highest BCUT2D eigenvalue weighted by atomic mass is 15.3. The molecule has 0 aliphatic carbocycles. The quantitative estimate of drug-likeness (QED) is 0.704. The molecule has 0 radical (unpaired) electrons. The van der Waals surface area contributed by atoms with E-state index in [1.54, 1.807) is 18.9 Å². The number of nitrogens with zero attached hydrogens (tertiary/aromatic N) is 4. The van der Waals surface area contributed by atoms with E-state index in [-0.39, 0.29) is 6.04 Å². The summed E-state index contributed by atoms with van der Waals surface area (Å²) in [7, 11) is 1.88. The normalized spacial score (nSPS) is 13.0. The van der Waals surface area contributed by atoms with Crippen LogP contribution in [-0.2, 0) is 13.5 Å². The van der Waals surface area contributed by atoms with E-state index in [2.05, 4.69) is 20.2 Å². The maximum absolute atomic E-state index is 5.96. The first-order chi connectivity index (χ1) is 6.77. The molecule has 6 heteroatoms. The van der Waals surface area contributed by atoms with Crippen molar-refractivity contribution in [2.45, 2.75) is 12.5 Å². The standard InChI is InChI=1S/C8H12N6/c1-14-5-12-13-8(14)7(9)2-6-3-10-4-11-6/h3-5,7H,2,9H2,1H3,(H,10,11). The Morgan fingerprint density at radius 3 is 3.07 bits per heavy atom. The number of H-pyrrole nitrogens is 1. The Morgan fingerprint density at radius 2 is 2.50 bits per heavy atom. The van der Waals surface area contributed by atoms with Crippen LogP contribution in [0.15, 0.2) is 18.9 Å². The molecule has 1 unspecified atom stereocenters. The van der Waals surface area contributed by atoms with Crippen molar-refractivity contribution in [3.63, 3.8) is 0 Å². The topological polar surface area (TPSA) is 85.4 Å². The molecule has 2 heterocycles. The van der Waals surface area contributed by atoms with Crippen LogP contribution in [0.2, 0.25) is 0 Å². The second-order valence-corrected chi connectivity index (χ2v) is 3.19. The Hall–Kier alpha value is -1.69. The molecule has 2 rings (SSSR count). The highest BCUT2D eigenvalue weighted by Crippen LogP contribution is 2.10. The minimum Gasteiger partial charge on any atom is -0.348 e. The first-order valence-corrected chi connectivity index (χ1v) is 4.34. The largest absolute Gasteiger partial charge is 0.348 e. The van der Waals surface area contributed by atoms with Crippen molar-refractivity contribution in [3.05, 3.63) is 30.4 Å². The molecular weight excluding hydrogens is 180 g/mol. The van der Waals surface area contributed by atoms with Gasteiger partial charge in [0.1, 0.15) is 12.2 Å². The summed E-state index contributed by atoms with van der Waals surface area (Å²) in [4.78, 5) is 6.93. The fourth-order valence-electron chi connectivity index (χ4n) is 1.35. The van der Waals surface area contributed by atoms with Crippen LogP contribution in [0, 0.1) is 0 Å². The summed E-state index contributed by atoms with van der Waals surface area (Å²) in [5.41, 5.74) is 6.96. The third kappa shape index (κ3) is 1.64. The zero-order chi connectivity index (χ0) is 9.97. The second kappa shape index (κ2) is 3.59. The molecule has 14 heavy (non-hydrogen) atoms. The number of imidazole rings is 1. The van der Waals surface area contributed by atoms with Crippen molar-refractivity contribution >= 4 is 0 Å².